The van der Waals surface area contributed by atoms with Gasteiger partial charge < -0.3 is 10.1 Å². The van der Waals surface area contributed by atoms with Gasteiger partial charge in [-0.15, -0.1) is 11.5 Å². The molecule has 0 aliphatic heterocycles. The van der Waals surface area contributed by atoms with Crippen LogP contribution in [0.3, 0.4) is 0 Å². The van der Waals surface area contributed by atoms with Crippen LogP contribution in [-0.2, 0) is 26.5 Å². The van der Waals surface area contributed by atoms with E-state index in [0.717, 1.165) is 27.9 Å². The first-order chi connectivity index (χ1) is 13.5. The van der Waals surface area contributed by atoms with Gasteiger partial charge in [-0.3, -0.25) is 4.98 Å². The van der Waals surface area contributed by atoms with E-state index in [-0.39, 0.29) is 26.8 Å². The van der Waals surface area contributed by atoms with Crippen LogP contribution < -0.4 is 0 Å². The summed E-state index contributed by atoms with van der Waals surface area (Å²) in [5.74, 6) is -1.04. The molecule has 5 nitrogen and oxygen atoms in total. The number of pyridine rings is 3. The third kappa shape index (κ3) is 3.96. The molecule has 0 saturated carbocycles. The van der Waals surface area contributed by atoms with Gasteiger partial charge in [-0.2, -0.15) is 11.6 Å². The number of aromatic carboxylic acids is 1. The number of carboxylic acids is 1. The summed E-state index contributed by atoms with van der Waals surface area (Å²) in [5, 5.41) is 10.2. The molecule has 1 aromatic carbocycles. The van der Waals surface area contributed by atoms with E-state index in [1.807, 2.05) is 62.4 Å². The van der Waals surface area contributed by atoms with Gasteiger partial charge in [0.25, 0.3) is 0 Å². The van der Waals surface area contributed by atoms with Crippen LogP contribution >= 0.6 is 0 Å². The number of nitrogens with zero attached hydrogens (tertiary/aromatic N) is 3. The van der Waals surface area contributed by atoms with Crippen molar-refractivity contribution in [3.05, 3.63) is 90.0 Å². The van der Waals surface area contributed by atoms with Crippen LogP contribution in [0.2, 0.25) is 0 Å². The molecule has 0 aliphatic carbocycles. The molecule has 0 radical (unpaired) electrons. The monoisotopic (exact) mass is 563 g/mol. The maximum absolute atomic E-state index is 11.3. The number of benzene rings is 1. The number of aromatic nitrogens is 3. The largest absolute Gasteiger partial charge is 0.477 e. The Bertz CT molecular complexity index is 1190. The molecule has 148 valence electrons. The van der Waals surface area contributed by atoms with Gasteiger partial charge >= 0.3 is 5.97 Å². The van der Waals surface area contributed by atoms with Crippen molar-refractivity contribution in [3.63, 3.8) is 0 Å². The van der Waals surface area contributed by atoms with Crippen molar-refractivity contribution >= 4 is 16.9 Å². The molecule has 0 saturated heterocycles. The number of fused-ring (bicyclic) bond motifs is 1. The fourth-order valence-corrected chi connectivity index (χ4v) is 3.21. The molecule has 1 N–H and O–H groups in total. The fourth-order valence-electron chi connectivity index (χ4n) is 3.21. The SMILES string of the molecule is CC(C)(c1cccc(C(=O)O)n1)c1cccc(-c2[c-]cnc3ccccc23)n1.[Pt]. The van der Waals surface area contributed by atoms with Gasteiger partial charge in [0.1, 0.15) is 5.69 Å². The predicted molar refractivity (Wildman–Crippen MR) is 107 cm³/mol. The van der Waals surface area contributed by atoms with Gasteiger partial charge in [-0.05, 0) is 50.0 Å². The summed E-state index contributed by atoms with van der Waals surface area (Å²) in [4.78, 5) is 24.8. The van der Waals surface area contributed by atoms with Crippen molar-refractivity contribution in [1.29, 1.82) is 0 Å². The summed E-state index contributed by atoms with van der Waals surface area (Å²) in [7, 11) is 0. The Morgan fingerprint density at radius 1 is 0.931 bits per heavy atom. The molecule has 29 heavy (non-hydrogen) atoms. The minimum absolute atomic E-state index is 0. The molecule has 0 aliphatic rings. The van der Waals surface area contributed by atoms with Crippen molar-refractivity contribution in [3.8, 4) is 11.3 Å². The van der Waals surface area contributed by atoms with E-state index in [9.17, 15) is 9.90 Å². The summed E-state index contributed by atoms with van der Waals surface area (Å²) in [6.45, 7) is 3.98. The average Bonchev–Trinajstić information content (AvgIpc) is 2.73. The standard InChI is InChI=1S/C23H18N3O2.Pt/c1-23(2,21-12-6-10-19(26-21)22(27)28)20-11-5-9-18(25-20)16-13-14-24-17-8-4-3-7-15(16)17;/h3-12,14H,1-2H3,(H,27,28);/q-1;. The van der Waals surface area contributed by atoms with Crippen LogP contribution in [0.4, 0.5) is 0 Å². The van der Waals surface area contributed by atoms with E-state index in [1.165, 1.54) is 6.07 Å². The average molecular weight is 563 g/mol. The van der Waals surface area contributed by atoms with Crippen LogP contribution in [0.1, 0.15) is 35.7 Å². The van der Waals surface area contributed by atoms with E-state index in [2.05, 4.69) is 16.0 Å². The van der Waals surface area contributed by atoms with Crippen LogP contribution in [0.5, 0.6) is 0 Å². The Hall–Kier alpha value is -2.91. The van der Waals surface area contributed by atoms with Gasteiger partial charge in [0.05, 0.1) is 5.69 Å². The van der Waals surface area contributed by atoms with Crippen molar-refractivity contribution in [2.24, 2.45) is 0 Å². The first-order valence-electron chi connectivity index (χ1n) is 8.91. The zero-order chi connectivity index (χ0) is 19.7. The number of carbonyl (C=O) groups is 1. The Morgan fingerprint density at radius 2 is 1.62 bits per heavy atom. The molecule has 3 heterocycles. The minimum atomic E-state index is -1.04. The minimum Gasteiger partial charge on any atom is -0.477 e. The van der Waals surface area contributed by atoms with E-state index < -0.39 is 11.4 Å². The molecule has 3 aromatic heterocycles. The van der Waals surface area contributed by atoms with E-state index in [1.54, 1.807) is 12.3 Å². The zero-order valence-electron chi connectivity index (χ0n) is 15.9. The van der Waals surface area contributed by atoms with Gasteiger partial charge in [-0.25, -0.2) is 9.78 Å². The molecular weight excluding hydrogens is 545 g/mol. The van der Waals surface area contributed by atoms with Gasteiger partial charge in [-0.1, -0.05) is 30.3 Å². The zero-order valence-corrected chi connectivity index (χ0v) is 18.1. The summed E-state index contributed by atoms with van der Waals surface area (Å²) in [5.41, 5.74) is 3.47. The third-order valence-electron chi connectivity index (χ3n) is 4.84. The van der Waals surface area contributed by atoms with Gasteiger partial charge in [0.15, 0.2) is 0 Å². The van der Waals surface area contributed by atoms with Crippen molar-refractivity contribution < 1.29 is 31.0 Å². The van der Waals surface area contributed by atoms with Crippen LogP contribution in [0.15, 0.2) is 66.9 Å². The van der Waals surface area contributed by atoms with Gasteiger partial charge in [0.2, 0.25) is 0 Å². The van der Waals surface area contributed by atoms with E-state index >= 15 is 0 Å². The van der Waals surface area contributed by atoms with Gasteiger partial charge in [0, 0.05) is 37.7 Å². The number of rotatable bonds is 4. The number of para-hydroxylation sites is 1. The molecule has 6 heteroatoms. The van der Waals surface area contributed by atoms with E-state index in [0.29, 0.717) is 5.69 Å². The van der Waals surface area contributed by atoms with Crippen LogP contribution in [-0.4, -0.2) is 26.0 Å². The Kier molecular flexibility index (Phi) is 5.90. The molecule has 0 spiro atoms. The topological polar surface area (TPSA) is 76.0 Å². The predicted octanol–water partition coefficient (Wildman–Crippen LogP) is 4.51. The number of hydrogen-bond donors (Lipinski definition) is 1. The van der Waals surface area contributed by atoms with Crippen molar-refractivity contribution in [2.45, 2.75) is 19.3 Å². The maximum Gasteiger partial charge on any atom is 0.354 e. The van der Waals surface area contributed by atoms with Crippen LogP contribution in [0, 0.1) is 6.07 Å². The second-order valence-electron chi connectivity index (χ2n) is 7.04. The quantitative estimate of drug-likeness (QED) is 0.370. The third-order valence-corrected chi connectivity index (χ3v) is 4.84. The molecular formula is C23H18N3O2Pt-. The molecule has 0 atom stereocenters. The van der Waals surface area contributed by atoms with Crippen molar-refractivity contribution in [2.75, 3.05) is 0 Å². The molecule has 0 fully saturated rings. The molecule has 4 aromatic rings. The summed E-state index contributed by atoms with van der Waals surface area (Å²) in [6, 6.07) is 21.9. The second-order valence-corrected chi connectivity index (χ2v) is 7.04. The number of hydrogen-bond acceptors (Lipinski definition) is 4. The Balaban J connectivity index is 0.00000240. The molecule has 4 rings (SSSR count). The summed E-state index contributed by atoms with van der Waals surface area (Å²) in [6.07, 6.45) is 1.66. The Labute approximate surface area is 183 Å². The molecule has 0 unspecified atom stereocenters. The molecule has 0 bridgehead atoms. The summed E-state index contributed by atoms with van der Waals surface area (Å²) < 4.78 is 0. The second kappa shape index (κ2) is 8.22. The summed E-state index contributed by atoms with van der Waals surface area (Å²) >= 11 is 0. The normalized spacial score (nSPS) is 11.1. The maximum atomic E-state index is 11.3. The molecule has 0 amide bonds. The fraction of sp³-hybridized carbons (Fsp3) is 0.130. The smallest absolute Gasteiger partial charge is 0.354 e. The first kappa shape index (κ1) is 20.8. The number of carboxylic acid groups (broad SMARTS) is 1. The van der Waals surface area contributed by atoms with E-state index in [4.69, 9.17) is 4.98 Å². The van der Waals surface area contributed by atoms with Crippen LogP contribution in [0.25, 0.3) is 22.2 Å². The van der Waals surface area contributed by atoms with Crippen molar-refractivity contribution in [1.82, 2.24) is 15.0 Å². The Morgan fingerprint density at radius 3 is 2.38 bits per heavy atom. The first-order valence-corrected chi connectivity index (χ1v) is 8.91.